The number of fused-ring (bicyclic) bond motifs is 1. The number of rotatable bonds is 4. The van der Waals surface area contributed by atoms with E-state index in [1.54, 1.807) is 0 Å². The van der Waals surface area contributed by atoms with Gasteiger partial charge in [0.15, 0.2) is 0 Å². The first kappa shape index (κ1) is 24.0. The number of benzene rings is 2. The molecule has 194 valence electrons. The van der Waals surface area contributed by atoms with Crippen LogP contribution < -0.4 is 20.4 Å². The lowest BCUT2D eigenvalue weighted by Gasteiger charge is -2.40. The van der Waals surface area contributed by atoms with Crippen LogP contribution in [0.3, 0.4) is 0 Å². The van der Waals surface area contributed by atoms with Gasteiger partial charge in [-0.25, -0.2) is 0 Å². The maximum Gasteiger partial charge on any atom is 0.223 e. The summed E-state index contributed by atoms with van der Waals surface area (Å²) in [5, 5.41) is 11.3. The first-order valence-corrected chi connectivity index (χ1v) is 13.4. The molecule has 3 aromatic rings. The van der Waals surface area contributed by atoms with Crippen LogP contribution in [0, 0.1) is 0 Å². The predicted molar refractivity (Wildman–Crippen MR) is 149 cm³/mol. The monoisotopic (exact) mass is 499 g/mol. The van der Waals surface area contributed by atoms with Gasteiger partial charge in [-0.3, -0.25) is 0 Å². The van der Waals surface area contributed by atoms with E-state index in [2.05, 4.69) is 60.9 Å². The molecule has 8 heteroatoms. The Morgan fingerprint density at radius 3 is 2.19 bits per heavy atom. The molecule has 3 aliphatic rings. The minimum atomic E-state index is -0.739. The van der Waals surface area contributed by atoms with Gasteiger partial charge in [0.2, 0.25) is 5.95 Å². The van der Waals surface area contributed by atoms with Crippen LogP contribution in [0.4, 0.5) is 23.3 Å². The smallest absolute Gasteiger partial charge is 0.223 e. The number of nitrogens with two attached hydrogens (primary N) is 1. The van der Waals surface area contributed by atoms with Gasteiger partial charge in [0.25, 0.3) is 0 Å². The molecule has 0 aliphatic carbocycles. The summed E-state index contributed by atoms with van der Waals surface area (Å²) in [6, 6.07) is 19.1. The summed E-state index contributed by atoms with van der Waals surface area (Å²) in [6.07, 6.45) is 2.45. The third kappa shape index (κ3) is 4.95. The molecule has 2 aromatic carbocycles. The molecular formula is C29H37N7O. The van der Waals surface area contributed by atoms with Crippen LogP contribution in [0.2, 0.25) is 0 Å². The second-order valence-corrected chi connectivity index (χ2v) is 10.7. The molecule has 0 amide bonds. The van der Waals surface area contributed by atoms with Gasteiger partial charge in [0, 0.05) is 64.1 Å². The van der Waals surface area contributed by atoms with Gasteiger partial charge in [-0.05, 0) is 55.1 Å². The maximum absolute atomic E-state index is 11.3. The summed E-state index contributed by atoms with van der Waals surface area (Å²) in [4.78, 5) is 18.5. The summed E-state index contributed by atoms with van der Waals surface area (Å²) in [6.45, 7) is 7.36. The molecular weight excluding hydrogens is 462 g/mol. The minimum Gasteiger partial charge on any atom is -0.385 e. The lowest BCUT2D eigenvalue weighted by Crippen LogP contribution is -2.45. The molecule has 1 aromatic heterocycles. The van der Waals surface area contributed by atoms with Crippen LogP contribution in [-0.4, -0.2) is 72.8 Å². The number of piperazine rings is 1. The Morgan fingerprint density at radius 1 is 0.757 bits per heavy atom. The second kappa shape index (κ2) is 9.84. The van der Waals surface area contributed by atoms with E-state index in [4.69, 9.17) is 5.73 Å². The normalized spacial score (nSPS) is 20.1. The van der Waals surface area contributed by atoms with Crippen LogP contribution >= 0.6 is 0 Å². The van der Waals surface area contributed by atoms with Crippen molar-refractivity contribution in [3.05, 3.63) is 71.3 Å². The van der Waals surface area contributed by atoms with E-state index in [1.165, 1.54) is 16.8 Å². The van der Waals surface area contributed by atoms with Crippen LogP contribution in [0.1, 0.15) is 29.5 Å². The standard InChI is InChI=1S/C29H37N7O/c1-33-15-17-35(18-16-33)26-20-27(32-28(30)31-26)36-12-9-22-7-8-25(19-23(22)21-36)34-13-10-29(37,11-14-34)24-5-3-2-4-6-24/h2-8,19-20,37H,9-18,21H2,1H3,(H2,30,31,32). The van der Waals surface area contributed by atoms with Crippen molar-refractivity contribution in [1.82, 2.24) is 14.9 Å². The summed E-state index contributed by atoms with van der Waals surface area (Å²) in [5.41, 5.74) is 10.4. The van der Waals surface area contributed by atoms with Crippen molar-refractivity contribution in [2.75, 3.05) is 73.3 Å². The molecule has 0 radical (unpaired) electrons. The average Bonchev–Trinajstić information content (AvgIpc) is 2.93. The van der Waals surface area contributed by atoms with Crippen molar-refractivity contribution in [3.8, 4) is 0 Å². The molecule has 3 N–H and O–H groups in total. The largest absolute Gasteiger partial charge is 0.385 e. The van der Waals surface area contributed by atoms with Crippen molar-refractivity contribution in [2.45, 2.75) is 31.4 Å². The van der Waals surface area contributed by atoms with Crippen molar-refractivity contribution < 1.29 is 5.11 Å². The lowest BCUT2D eigenvalue weighted by molar-refractivity contribution is 0.0118. The topological polar surface area (TPSA) is 85.0 Å². The number of aromatic nitrogens is 2. The number of likely N-dealkylation sites (N-methyl/N-ethyl adjacent to an activating group) is 1. The van der Waals surface area contributed by atoms with Gasteiger partial charge in [-0.15, -0.1) is 0 Å². The maximum atomic E-state index is 11.3. The molecule has 8 nitrogen and oxygen atoms in total. The van der Waals surface area contributed by atoms with Crippen molar-refractivity contribution in [2.24, 2.45) is 0 Å². The van der Waals surface area contributed by atoms with Crippen molar-refractivity contribution >= 4 is 23.3 Å². The third-order valence-electron chi connectivity index (χ3n) is 8.34. The van der Waals surface area contributed by atoms with E-state index in [0.29, 0.717) is 5.95 Å². The van der Waals surface area contributed by atoms with Crippen LogP contribution in [0.15, 0.2) is 54.6 Å². The van der Waals surface area contributed by atoms with E-state index < -0.39 is 5.60 Å². The zero-order valence-electron chi connectivity index (χ0n) is 21.7. The number of hydrogen-bond acceptors (Lipinski definition) is 8. The van der Waals surface area contributed by atoms with Gasteiger partial charge in [-0.1, -0.05) is 36.4 Å². The molecule has 3 aliphatic heterocycles. The van der Waals surface area contributed by atoms with Gasteiger partial charge in [-0.2, -0.15) is 9.97 Å². The Kier molecular flexibility index (Phi) is 6.38. The zero-order valence-corrected chi connectivity index (χ0v) is 21.7. The third-order valence-corrected chi connectivity index (χ3v) is 8.34. The van der Waals surface area contributed by atoms with E-state index >= 15 is 0 Å². The number of aliphatic hydroxyl groups is 1. The highest BCUT2D eigenvalue weighted by Gasteiger charge is 2.34. The molecule has 6 rings (SSSR count). The molecule has 0 atom stereocenters. The van der Waals surface area contributed by atoms with E-state index in [1.807, 2.05) is 30.3 Å². The molecule has 0 unspecified atom stereocenters. The van der Waals surface area contributed by atoms with Gasteiger partial charge >= 0.3 is 0 Å². The van der Waals surface area contributed by atoms with Gasteiger partial charge in [0.1, 0.15) is 11.6 Å². The van der Waals surface area contributed by atoms with Crippen molar-refractivity contribution in [1.29, 1.82) is 0 Å². The molecule has 2 fully saturated rings. The highest BCUT2D eigenvalue weighted by atomic mass is 16.3. The first-order valence-electron chi connectivity index (χ1n) is 13.4. The summed E-state index contributed by atoms with van der Waals surface area (Å²) in [7, 11) is 2.16. The number of anilines is 4. The number of nitrogens with zero attached hydrogens (tertiary/aromatic N) is 6. The first-order chi connectivity index (χ1) is 18.0. The van der Waals surface area contributed by atoms with E-state index in [9.17, 15) is 5.11 Å². The fourth-order valence-corrected chi connectivity index (χ4v) is 5.91. The number of nitrogen functional groups attached to an aromatic ring is 1. The Morgan fingerprint density at radius 2 is 1.46 bits per heavy atom. The number of hydrogen-bond donors (Lipinski definition) is 2. The highest BCUT2D eigenvalue weighted by Crippen LogP contribution is 2.36. The Balaban J connectivity index is 1.17. The highest BCUT2D eigenvalue weighted by molar-refractivity contribution is 5.58. The quantitative estimate of drug-likeness (QED) is 0.567. The van der Waals surface area contributed by atoms with Crippen LogP contribution in [0.25, 0.3) is 0 Å². The fraction of sp³-hybridized carbons (Fsp3) is 0.448. The molecule has 0 bridgehead atoms. The molecule has 4 heterocycles. The SMILES string of the molecule is CN1CCN(c2cc(N3CCc4ccc(N5CCC(O)(c6ccccc6)CC5)cc4C3)nc(N)n2)CC1. The molecule has 0 spiro atoms. The van der Waals surface area contributed by atoms with Crippen LogP contribution in [0.5, 0.6) is 0 Å². The Labute approximate surface area is 219 Å². The van der Waals surface area contributed by atoms with Gasteiger partial charge in [0.05, 0.1) is 5.60 Å². The Bertz CT molecular complexity index is 1230. The average molecular weight is 500 g/mol. The van der Waals surface area contributed by atoms with E-state index in [-0.39, 0.29) is 0 Å². The summed E-state index contributed by atoms with van der Waals surface area (Å²) in [5.74, 6) is 2.17. The molecule has 2 saturated heterocycles. The minimum absolute atomic E-state index is 0.338. The predicted octanol–water partition coefficient (Wildman–Crippen LogP) is 2.86. The summed E-state index contributed by atoms with van der Waals surface area (Å²) >= 11 is 0. The van der Waals surface area contributed by atoms with Crippen molar-refractivity contribution in [3.63, 3.8) is 0 Å². The molecule has 0 saturated carbocycles. The lowest BCUT2D eigenvalue weighted by atomic mass is 9.84. The van der Waals surface area contributed by atoms with Gasteiger partial charge < -0.3 is 30.4 Å². The second-order valence-electron chi connectivity index (χ2n) is 10.7. The Hall–Kier alpha value is -3.36. The summed E-state index contributed by atoms with van der Waals surface area (Å²) < 4.78 is 0. The van der Waals surface area contributed by atoms with E-state index in [0.717, 1.165) is 88.8 Å². The fourth-order valence-electron chi connectivity index (χ4n) is 5.91. The molecule has 37 heavy (non-hydrogen) atoms. The zero-order chi connectivity index (χ0) is 25.4. The number of piperidine rings is 1. The van der Waals surface area contributed by atoms with Crippen LogP contribution in [-0.2, 0) is 18.6 Å².